The highest BCUT2D eigenvalue weighted by molar-refractivity contribution is 6.32. The van der Waals surface area contributed by atoms with E-state index in [4.69, 9.17) is 11.6 Å². The minimum absolute atomic E-state index is 0.120. The van der Waals surface area contributed by atoms with E-state index in [9.17, 15) is 9.90 Å². The number of carbonyl (C=O) groups excluding carboxylic acids is 1. The number of aliphatic hydroxyl groups excluding tert-OH is 1. The van der Waals surface area contributed by atoms with Crippen LogP contribution in [0.1, 0.15) is 21.5 Å². The fourth-order valence-corrected chi connectivity index (χ4v) is 2.00. The van der Waals surface area contributed by atoms with Crippen LogP contribution in [-0.2, 0) is 6.61 Å². The van der Waals surface area contributed by atoms with Gasteiger partial charge in [0.1, 0.15) is 0 Å². The summed E-state index contributed by atoms with van der Waals surface area (Å²) in [4.78, 5) is 12.2. The molecule has 19 heavy (non-hydrogen) atoms. The molecule has 4 heteroatoms. The number of nitrogens with one attached hydrogen (secondary N) is 1. The molecule has 0 aliphatic heterocycles. The summed E-state index contributed by atoms with van der Waals surface area (Å²) < 4.78 is 0. The fourth-order valence-electron chi connectivity index (χ4n) is 1.82. The average Bonchev–Trinajstić information content (AvgIpc) is 2.42. The highest BCUT2D eigenvalue weighted by Crippen LogP contribution is 2.21. The lowest BCUT2D eigenvalue weighted by atomic mass is 10.1. The highest BCUT2D eigenvalue weighted by Gasteiger charge is 2.12. The first-order valence-electron chi connectivity index (χ1n) is 5.88. The molecular weight excluding hydrogens is 262 g/mol. The van der Waals surface area contributed by atoms with Crippen LogP contribution >= 0.6 is 11.6 Å². The zero-order valence-electron chi connectivity index (χ0n) is 10.5. The van der Waals surface area contributed by atoms with Crippen LogP contribution in [0.4, 0.5) is 5.69 Å². The molecular formula is C15H14ClNO2. The van der Waals surface area contributed by atoms with Crippen LogP contribution < -0.4 is 5.32 Å². The molecule has 0 saturated heterocycles. The summed E-state index contributed by atoms with van der Waals surface area (Å²) in [7, 11) is 0. The lowest BCUT2D eigenvalue weighted by Gasteiger charge is -2.11. The Labute approximate surface area is 116 Å². The fraction of sp³-hybridized carbons (Fsp3) is 0.133. The summed E-state index contributed by atoms with van der Waals surface area (Å²) in [6.07, 6.45) is 0. The van der Waals surface area contributed by atoms with Crippen LogP contribution in [0.5, 0.6) is 0 Å². The third-order valence-corrected chi connectivity index (χ3v) is 3.36. The van der Waals surface area contributed by atoms with Crippen LogP contribution in [-0.4, -0.2) is 11.0 Å². The highest BCUT2D eigenvalue weighted by atomic mass is 35.5. The molecule has 0 heterocycles. The predicted molar refractivity (Wildman–Crippen MR) is 76.5 cm³/mol. The van der Waals surface area contributed by atoms with Crippen molar-refractivity contribution < 1.29 is 9.90 Å². The van der Waals surface area contributed by atoms with Gasteiger partial charge < -0.3 is 10.4 Å². The van der Waals surface area contributed by atoms with Gasteiger partial charge in [0.05, 0.1) is 6.61 Å². The molecule has 0 saturated carbocycles. The SMILES string of the molecule is Cc1c(Cl)cccc1C(=O)Nc1ccccc1CO. The number of aliphatic hydroxyl groups is 1. The second-order valence-electron chi connectivity index (χ2n) is 4.18. The van der Waals surface area contributed by atoms with Crippen molar-refractivity contribution >= 4 is 23.2 Å². The van der Waals surface area contributed by atoms with Gasteiger partial charge in [0, 0.05) is 21.8 Å². The first-order valence-corrected chi connectivity index (χ1v) is 6.26. The monoisotopic (exact) mass is 275 g/mol. The summed E-state index contributed by atoms with van der Waals surface area (Å²) >= 11 is 6.00. The predicted octanol–water partition coefficient (Wildman–Crippen LogP) is 3.39. The van der Waals surface area contributed by atoms with Gasteiger partial charge in [-0.15, -0.1) is 0 Å². The quantitative estimate of drug-likeness (QED) is 0.902. The normalized spacial score (nSPS) is 10.3. The van der Waals surface area contributed by atoms with Gasteiger partial charge in [-0.25, -0.2) is 0 Å². The molecule has 0 fully saturated rings. The maximum absolute atomic E-state index is 12.2. The van der Waals surface area contributed by atoms with E-state index >= 15 is 0 Å². The van der Waals surface area contributed by atoms with Crippen molar-refractivity contribution in [2.24, 2.45) is 0 Å². The topological polar surface area (TPSA) is 49.3 Å². The molecule has 2 N–H and O–H groups in total. The number of hydrogen-bond donors (Lipinski definition) is 2. The molecule has 1 amide bonds. The van der Waals surface area contributed by atoms with Crippen LogP contribution in [0.25, 0.3) is 0 Å². The van der Waals surface area contributed by atoms with Crippen molar-refractivity contribution in [2.45, 2.75) is 13.5 Å². The van der Waals surface area contributed by atoms with E-state index in [-0.39, 0.29) is 12.5 Å². The molecule has 0 aliphatic rings. The molecule has 2 aromatic rings. The standard InChI is InChI=1S/C15H14ClNO2/c1-10-12(6-4-7-13(10)16)15(19)17-14-8-3-2-5-11(14)9-18/h2-8,18H,9H2,1H3,(H,17,19). The second-order valence-corrected chi connectivity index (χ2v) is 4.59. The number of hydrogen-bond acceptors (Lipinski definition) is 2. The Hall–Kier alpha value is -1.84. The molecule has 0 aromatic heterocycles. The Kier molecular flexibility index (Phi) is 4.20. The third kappa shape index (κ3) is 2.95. The van der Waals surface area contributed by atoms with Crippen molar-refractivity contribution in [3.63, 3.8) is 0 Å². The average molecular weight is 276 g/mol. The Morgan fingerprint density at radius 3 is 2.68 bits per heavy atom. The number of benzene rings is 2. The molecule has 0 aliphatic carbocycles. The van der Waals surface area contributed by atoms with Gasteiger partial charge in [-0.2, -0.15) is 0 Å². The van der Waals surface area contributed by atoms with Crippen molar-refractivity contribution in [1.82, 2.24) is 0 Å². The van der Waals surface area contributed by atoms with E-state index in [1.807, 2.05) is 6.07 Å². The second kappa shape index (κ2) is 5.87. The maximum Gasteiger partial charge on any atom is 0.255 e. The first-order chi connectivity index (χ1) is 9.13. The molecule has 2 rings (SSSR count). The van der Waals surface area contributed by atoms with Gasteiger partial charge in [0.15, 0.2) is 0 Å². The van der Waals surface area contributed by atoms with Gasteiger partial charge in [-0.3, -0.25) is 4.79 Å². The molecule has 98 valence electrons. The van der Waals surface area contributed by atoms with E-state index in [2.05, 4.69) is 5.32 Å². The van der Waals surface area contributed by atoms with Crippen molar-refractivity contribution in [3.8, 4) is 0 Å². The molecule has 2 aromatic carbocycles. The third-order valence-electron chi connectivity index (χ3n) is 2.95. The first kappa shape index (κ1) is 13.6. The zero-order chi connectivity index (χ0) is 13.8. The Balaban J connectivity index is 2.28. The van der Waals surface area contributed by atoms with E-state index in [1.165, 1.54) is 0 Å². The Morgan fingerprint density at radius 1 is 1.21 bits per heavy atom. The summed E-state index contributed by atoms with van der Waals surface area (Å²) in [6.45, 7) is 1.68. The number of anilines is 1. The number of carbonyl (C=O) groups is 1. The van der Waals surface area contributed by atoms with Crippen LogP contribution in [0.3, 0.4) is 0 Å². The summed E-state index contributed by atoms with van der Waals surface area (Å²) in [5.74, 6) is -0.235. The van der Waals surface area contributed by atoms with E-state index in [0.717, 1.165) is 5.56 Å². The molecule has 3 nitrogen and oxygen atoms in total. The number of para-hydroxylation sites is 1. The molecule has 0 spiro atoms. The van der Waals surface area contributed by atoms with E-state index in [1.54, 1.807) is 43.3 Å². The minimum Gasteiger partial charge on any atom is -0.392 e. The lowest BCUT2D eigenvalue weighted by molar-refractivity contribution is 0.102. The number of amides is 1. The Bertz CT molecular complexity index is 611. The lowest BCUT2D eigenvalue weighted by Crippen LogP contribution is -2.14. The van der Waals surface area contributed by atoms with Crippen LogP contribution in [0, 0.1) is 6.92 Å². The number of halogens is 1. The van der Waals surface area contributed by atoms with E-state index < -0.39 is 0 Å². The summed E-state index contributed by atoms with van der Waals surface area (Å²) in [5, 5.41) is 12.6. The molecule has 0 bridgehead atoms. The molecule has 0 unspecified atom stereocenters. The van der Waals surface area contributed by atoms with Gasteiger partial charge in [-0.1, -0.05) is 35.9 Å². The van der Waals surface area contributed by atoms with Crippen molar-refractivity contribution in [3.05, 3.63) is 64.2 Å². The summed E-state index contributed by atoms with van der Waals surface area (Å²) in [5.41, 5.74) is 2.55. The van der Waals surface area contributed by atoms with Crippen LogP contribution in [0.2, 0.25) is 5.02 Å². The van der Waals surface area contributed by atoms with Crippen molar-refractivity contribution in [1.29, 1.82) is 0 Å². The smallest absolute Gasteiger partial charge is 0.255 e. The van der Waals surface area contributed by atoms with Crippen LogP contribution in [0.15, 0.2) is 42.5 Å². The van der Waals surface area contributed by atoms with E-state index in [0.29, 0.717) is 21.8 Å². The van der Waals surface area contributed by atoms with Gasteiger partial charge in [0.2, 0.25) is 0 Å². The molecule has 0 atom stereocenters. The van der Waals surface area contributed by atoms with Gasteiger partial charge in [-0.05, 0) is 30.7 Å². The zero-order valence-corrected chi connectivity index (χ0v) is 11.2. The maximum atomic E-state index is 12.2. The minimum atomic E-state index is -0.235. The van der Waals surface area contributed by atoms with Gasteiger partial charge in [0.25, 0.3) is 5.91 Å². The largest absolute Gasteiger partial charge is 0.392 e. The summed E-state index contributed by atoms with van der Waals surface area (Å²) in [6, 6.07) is 12.3. The Morgan fingerprint density at radius 2 is 1.95 bits per heavy atom. The number of rotatable bonds is 3. The van der Waals surface area contributed by atoms with Gasteiger partial charge >= 0.3 is 0 Å². The molecule has 0 radical (unpaired) electrons. The van der Waals surface area contributed by atoms with Crippen molar-refractivity contribution in [2.75, 3.05) is 5.32 Å².